The number of hydrogen-bond donors (Lipinski definition) is 2. The third-order valence-electron chi connectivity index (χ3n) is 3.01. The number of nitrogens with zero attached hydrogens (tertiary/aromatic N) is 3. The summed E-state index contributed by atoms with van der Waals surface area (Å²) in [7, 11) is 0. The minimum absolute atomic E-state index is 0.298. The zero-order valence-electron chi connectivity index (χ0n) is 12.9. The van der Waals surface area contributed by atoms with Crippen molar-refractivity contribution in [2.45, 2.75) is 39.7 Å². The van der Waals surface area contributed by atoms with Crippen LogP contribution in [0, 0.1) is 0 Å². The first-order valence-corrected chi connectivity index (χ1v) is 7.44. The fourth-order valence-electron chi connectivity index (χ4n) is 1.85. The van der Waals surface area contributed by atoms with Crippen LogP contribution < -0.4 is 10.6 Å². The number of rotatable bonds is 7. The van der Waals surface area contributed by atoms with E-state index in [0.717, 1.165) is 36.0 Å². The monoisotopic (exact) mass is 285 g/mol. The van der Waals surface area contributed by atoms with Crippen LogP contribution in [0.2, 0.25) is 0 Å². The molecule has 0 unspecified atom stereocenters. The van der Waals surface area contributed by atoms with Crippen molar-refractivity contribution in [1.29, 1.82) is 0 Å². The number of hydrogen-bond acceptors (Lipinski definition) is 5. The van der Waals surface area contributed by atoms with Crippen molar-refractivity contribution >= 4 is 11.6 Å². The minimum Gasteiger partial charge on any atom is -0.370 e. The number of aromatic nitrogens is 3. The van der Waals surface area contributed by atoms with Gasteiger partial charge < -0.3 is 10.6 Å². The van der Waals surface area contributed by atoms with Crippen LogP contribution in [-0.4, -0.2) is 21.5 Å². The largest absolute Gasteiger partial charge is 0.370 e. The topological polar surface area (TPSA) is 62.7 Å². The van der Waals surface area contributed by atoms with Crippen molar-refractivity contribution in [2.24, 2.45) is 0 Å². The number of nitrogens with one attached hydrogen (secondary N) is 2. The zero-order valence-corrected chi connectivity index (χ0v) is 12.9. The lowest BCUT2D eigenvalue weighted by Crippen LogP contribution is -2.09. The van der Waals surface area contributed by atoms with E-state index < -0.39 is 0 Å². The highest BCUT2D eigenvalue weighted by molar-refractivity contribution is 5.48. The first-order valence-electron chi connectivity index (χ1n) is 7.44. The lowest BCUT2D eigenvalue weighted by Gasteiger charge is -2.12. The summed E-state index contributed by atoms with van der Waals surface area (Å²) in [5.74, 6) is 2.87. The number of pyridine rings is 1. The molecule has 0 amide bonds. The maximum Gasteiger partial charge on any atom is 0.135 e. The summed E-state index contributed by atoms with van der Waals surface area (Å²) < 4.78 is 0. The van der Waals surface area contributed by atoms with E-state index >= 15 is 0 Å². The van der Waals surface area contributed by atoms with Gasteiger partial charge in [-0.2, -0.15) is 0 Å². The van der Waals surface area contributed by atoms with Gasteiger partial charge in [-0.05, 0) is 18.1 Å². The van der Waals surface area contributed by atoms with E-state index in [1.165, 1.54) is 0 Å². The zero-order chi connectivity index (χ0) is 15.1. The molecular weight excluding hydrogens is 262 g/mol. The second-order valence-electron chi connectivity index (χ2n) is 5.29. The van der Waals surface area contributed by atoms with E-state index in [0.29, 0.717) is 12.5 Å². The summed E-state index contributed by atoms with van der Waals surface area (Å²) in [4.78, 5) is 13.2. The molecule has 0 fully saturated rings. The molecule has 5 nitrogen and oxygen atoms in total. The van der Waals surface area contributed by atoms with Gasteiger partial charge in [-0.15, -0.1) is 0 Å². The fourth-order valence-corrected chi connectivity index (χ4v) is 1.85. The first kappa shape index (κ1) is 15.2. The Morgan fingerprint density at radius 2 is 1.90 bits per heavy atom. The summed E-state index contributed by atoms with van der Waals surface area (Å²) in [5.41, 5.74) is 1.13. The van der Waals surface area contributed by atoms with Crippen molar-refractivity contribution in [3.05, 3.63) is 42.0 Å². The molecule has 2 N–H and O–H groups in total. The quantitative estimate of drug-likeness (QED) is 0.816. The van der Waals surface area contributed by atoms with Gasteiger partial charge in [0.1, 0.15) is 17.5 Å². The highest BCUT2D eigenvalue weighted by Gasteiger charge is 2.08. The van der Waals surface area contributed by atoms with Gasteiger partial charge in [0, 0.05) is 37.5 Å². The van der Waals surface area contributed by atoms with Crippen LogP contribution >= 0.6 is 0 Å². The van der Waals surface area contributed by atoms with E-state index in [2.05, 4.69) is 46.4 Å². The maximum absolute atomic E-state index is 4.57. The standard InChI is InChI=1S/C16H23N5/c1-4-7-18-14-9-15(21-16(20-14)12(2)3)19-11-13-6-5-8-17-10-13/h5-6,8-10,12H,4,7,11H2,1-3H3,(H2,18,19,20,21). The lowest BCUT2D eigenvalue weighted by atomic mass is 10.2. The molecule has 2 heterocycles. The Balaban J connectivity index is 2.11. The summed E-state index contributed by atoms with van der Waals surface area (Å²) in [5, 5.41) is 6.67. The average Bonchev–Trinajstić information content (AvgIpc) is 2.51. The molecule has 0 spiro atoms. The van der Waals surface area contributed by atoms with E-state index in [9.17, 15) is 0 Å². The molecular formula is C16H23N5. The molecule has 0 aliphatic rings. The smallest absolute Gasteiger partial charge is 0.135 e. The van der Waals surface area contributed by atoms with Crippen LogP contribution in [0.25, 0.3) is 0 Å². The molecule has 5 heteroatoms. The molecule has 21 heavy (non-hydrogen) atoms. The Labute approximate surface area is 126 Å². The third-order valence-corrected chi connectivity index (χ3v) is 3.01. The number of anilines is 2. The van der Waals surface area contributed by atoms with E-state index in [4.69, 9.17) is 0 Å². The first-order chi connectivity index (χ1) is 10.2. The third kappa shape index (κ3) is 4.70. The maximum atomic E-state index is 4.57. The predicted molar refractivity (Wildman–Crippen MR) is 86.5 cm³/mol. The summed E-state index contributed by atoms with van der Waals surface area (Å²) in [6.45, 7) is 7.96. The highest BCUT2D eigenvalue weighted by atomic mass is 15.1. The Morgan fingerprint density at radius 3 is 2.52 bits per heavy atom. The van der Waals surface area contributed by atoms with Crippen LogP contribution in [0.5, 0.6) is 0 Å². The van der Waals surface area contributed by atoms with Gasteiger partial charge in [0.2, 0.25) is 0 Å². The average molecular weight is 285 g/mol. The summed E-state index contributed by atoms with van der Waals surface area (Å²) in [6, 6.07) is 5.93. The lowest BCUT2D eigenvalue weighted by molar-refractivity contribution is 0.773. The van der Waals surface area contributed by atoms with Crippen molar-refractivity contribution in [1.82, 2.24) is 15.0 Å². The van der Waals surface area contributed by atoms with Gasteiger partial charge >= 0.3 is 0 Å². The van der Waals surface area contributed by atoms with Gasteiger partial charge in [0.15, 0.2) is 0 Å². The molecule has 0 saturated heterocycles. The van der Waals surface area contributed by atoms with Gasteiger partial charge in [-0.3, -0.25) is 4.98 Å². The van der Waals surface area contributed by atoms with Crippen LogP contribution in [0.15, 0.2) is 30.6 Å². The summed E-state index contributed by atoms with van der Waals surface area (Å²) in [6.07, 6.45) is 4.70. The molecule has 0 bridgehead atoms. The Hall–Kier alpha value is -2.17. The molecule has 0 atom stereocenters. The molecule has 2 aromatic rings. The van der Waals surface area contributed by atoms with Crippen LogP contribution in [-0.2, 0) is 6.54 Å². The van der Waals surface area contributed by atoms with Gasteiger partial charge in [-0.25, -0.2) is 9.97 Å². The predicted octanol–water partition coefficient (Wildman–Crippen LogP) is 3.43. The van der Waals surface area contributed by atoms with Gasteiger partial charge in [-0.1, -0.05) is 26.8 Å². The normalized spacial score (nSPS) is 10.7. The van der Waals surface area contributed by atoms with Crippen LogP contribution in [0.4, 0.5) is 11.6 Å². The fraction of sp³-hybridized carbons (Fsp3) is 0.438. The van der Waals surface area contributed by atoms with Gasteiger partial charge in [0.05, 0.1) is 0 Å². The van der Waals surface area contributed by atoms with Crippen molar-refractivity contribution in [2.75, 3.05) is 17.2 Å². The Kier molecular flexibility index (Phi) is 5.49. The van der Waals surface area contributed by atoms with Gasteiger partial charge in [0.25, 0.3) is 0 Å². The molecule has 2 rings (SSSR count). The van der Waals surface area contributed by atoms with Crippen molar-refractivity contribution < 1.29 is 0 Å². The van der Waals surface area contributed by atoms with Crippen molar-refractivity contribution in [3.63, 3.8) is 0 Å². The molecule has 112 valence electrons. The Morgan fingerprint density at radius 1 is 1.14 bits per heavy atom. The van der Waals surface area contributed by atoms with E-state index in [-0.39, 0.29) is 0 Å². The van der Waals surface area contributed by atoms with Crippen LogP contribution in [0.1, 0.15) is 44.5 Å². The second-order valence-corrected chi connectivity index (χ2v) is 5.29. The van der Waals surface area contributed by atoms with E-state index in [1.807, 2.05) is 24.4 Å². The SMILES string of the molecule is CCCNc1cc(NCc2cccnc2)nc(C(C)C)n1. The molecule has 0 radical (unpaired) electrons. The highest BCUT2D eigenvalue weighted by Crippen LogP contribution is 2.17. The summed E-state index contributed by atoms with van der Waals surface area (Å²) >= 11 is 0. The minimum atomic E-state index is 0.298. The molecule has 0 saturated carbocycles. The second kappa shape index (κ2) is 7.57. The molecule has 2 aromatic heterocycles. The molecule has 0 aromatic carbocycles. The van der Waals surface area contributed by atoms with E-state index in [1.54, 1.807) is 6.20 Å². The molecule has 0 aliphatic carbocycles. The van der Waals surface area contributed by atoms with Crippen molar-refractivity contribution in [3.8, 4) is 0 Å². The molecule has 0 aliphatic heterocycles. The Bertz CT molecular complexity index is 554. The van der Waals surface area contributed by atoms with Crippen LogP contribution in [0.3, 0.4) is 0 Å².